The van der Waals surface area contributed by atoms with Crippen molar-refractivity contribution in [3.63, 3.8) is 0 Å². The molecule has 2 aromatic rings. The van der Waals surface area contributed by atoms with Crippen molar-refractivity contribution < 1.29 is 9.31 Å². The fourth-order valence-electron chi connectivity index (χ4n) is 6.21. The molecular weight excluding hydrogens is 450 g/mol. The van der Waals surface area contributed by atoms with Crippen LogP contribution in [0.4, 0.5) is 5.69 Å². The van der Waals surface area contributed by atoms with Crippen LogP contribution in [-0.4, -0.2) is 16.8 Å². The lowest BCUT2D eigenvalue weighted by Crippen LogP contribution is -2.28. The normalized spacial score (nSPS) is 22.2. The van der Waals surface area contributed by atoms with Crippen LogP contribution in [0.2, 0.25) is 0 Å². The van der Waals surface area contributed by atoms with Gasteiger partial charge < -0.3 is 4.74 Å². The number of unbranched alkanes of at least 4 members (excludes halogenated alkanes) is 1. The third-order valence-electron chi connectivity index (χ3n) is 8.66. The van der Waals surface area contributed by atoms with Crippen LogP contribution >= 0.6 is 0 Å². The van der Waals surface area contributed by atoms with Gasteiger partial charge in [0.1, 0.15) is 18.1 Å². The molecule has 1 aliphatic carbocycles. The third-order valence-corrected chi connectivity index (χ3v) is 8.66. The summed E-state index contributed by atoms with van der Waals surface area (Å²) in [5, 5.41) is 0. The van der Waals surface area contributed by atoms with Gasteiger partial charge in [-0.25, -0.2) is 0 Å². The second-order valence-corrected chi connectivity index (χ2v) is 11.8. The monoisotopic (exact) mass is 492 g/mol. The number of benzene rings is 2. The van der Waals surface area contributed by atoms with Crippen LogP contribution in [0.1, 0.15) is 84.8 Å². The minimum Gasteiger partial charge on any atom is -0.460 e. The summed E-state index contributed by atoms with van der Waals surface area (Å²) in [5.74, 6) is 2.02. The van der Waals surface area contributed by atoms with E-state index in [1.54, 1.807) is 0 Å². The van der Waals surface area contributed by atoms with Gasteiger partial charge in [-0.2, -0.15) is 4.58 Å². The molecule has 5 rings (SSSR count). The fraction of sp³-hybridized carbons (Fsp3) is 0.400. The van der Waals surface area contributed by atoms with Gasteiger partial charge in [0.25, 0.3) is 0 Å². The maximum atomic E-state index is 6.27. The quantitative estimate of drug-likeness (QED) is 0.366. The Hall–Kier alpha value is -3.13. The van der Waals surface area contributed by atoms with E-state index in [4.69, 9.17) is 4.74 Å². The van der Waals surface area contributed by atoms with E-state index in [9.17, 15) is 0 Å². The highest BCUT2D eigenvalue weighted by Gasteiger charge is 2.43. The Bertz CT molecular complexity index is 1360. The number of para-hydroxylation sites is 2. The molecule has 0 spiro atoms. The first-order valence-corrected chi connectivity index (χ1v) is 14.1. The summed E-state index contributed by atoms with van der Waals surface area (Å²) in [6.45, 7) is 14.9. The van der Waals surface area contributed by atoms with Crippen LogP contribution in [0.25, 0.3) is 0 Å². The molecular formula is C35H42NO+. The van der Waals surface area contributed by atoms with E-state index in [1.807, 2.05) is 0 Å². The standard InChI is InChI=1S/C35H42NO/c1-7-8-24-36-30-18-11-9-16-28(30)34(3,4)32(36)22-20-26-14-13-15-27(25(26)2)21-23-33-35(5,6)29-17-10-12-19-31(29)37-33/h9-12,16-23H,7-8,13-15,24H2,1-6H3/q+1/b22-20+,27-21+,33-23+. The summed E-state index contributed by atoms with van der Waals surface area (Å²) >= 11 is 0. The lowest BCUT2D eigenvalue weighted by Gasteiger charge is -2.20. The molecule has 0 saturated carbocycles. The van der Waals surface area contributed by atoms with Gasteiger partial charge in [0.15, 0.2) is 5.71 Å². The lowest BCUT2D eigenvalue weighted by atomic mass is 9.80. The minimum absolute atomic E-state index is 0.00739. The zero-order valence-electron chi connectivity index (χ0n) is 23.5. The summed E-state index contributed by atoms with van der Waals surface area (Å²) in [7, 11) is 0. The molecule has 0 N–H and O–H groups in total. The molecule has 0 bridgehead atoms. The molecule has 3 aliphatic rings. The van der Waals surface area contributed by atoms with E-state index in [1.165, 1.54) is 58.5 Å². The maximum Gasteiger partial charge on any atom is 0.209 e. The number of hydrogen-bond acceptors (Lipinski definition) is 1. The van der Waals surface area contributed by atoms with Crippen LogP contribution in [0, 0.1) is 0 Å². The minimum atomic E-state index is -0.107. The van der Waals surface area contributed by atoms with Crippen LogP contribution in [-0.2, 0) is 10.8 Å². The van der Waals surface area contributed by atoms with Gasteiger partial charge in [-0.1, -0.05) is 61.9 Å². The summed E-state index contributed by atoms with van der Waals surface area (Å²) in [6.07, 6.45) is 15.2. The smallest absolute Gasteiger partial charge is 0.209 e. The Morgan fingerprint density at radius 2 is 1.59 bits per heavy atom. The highest BCUT2D eigenvalue weighted by atomic mass is 16.5. The first-order valence-electron chi connectivity index (χ1n) is 14.1. The van der Waals surface area contributed by atoms with Crippen LogP contribution < -0.4 is 4.74 Å². The SMILES string of the molecule is CCCC[N+]1=C(/C=C/C2=C(C)C(=C/C=C3/Oc4ccccc4C3(C)C)/CCC2)C(C)(C)c2ccccc21. The Morgan fingerprint density at radius 1 is 0.865 bits per heavy atom. The number of nitrogens with zero attached hydrogens (tertiary/aromatic N) is 1. The zero-order chi connectivity index (χ0) is 26.2. The van der Waals surface area contributed by atoms with Gasteiger partial charge in [0.05, 0.1) is 10.8 Å². The van der Waals surface area contributed by atoms with Crippen molar-refractivity contribution >= 4 is 11.4 Å². The molecule has 0 fully saturated rings. The second kappa shape index (κ2) is 9.97. The van der Waals surface area contributed by atoms with Crippen molar-refractivity contribution in [1.82, 2.24) is 0 Å². The van der Waals surface area contributed by atoms with Crippen molar-refractivity contribution in [3.8, 4) is 5.75 Å². The number of allylic oxidation sites excluding steroid dienone is 8. The molecule has 2 heterocycles. The Morgan fingerprint density at radius 3 is 2.35 bits per heavy atom. The average Bonchev–Trinajstić information content (AvgIpc) is 3.27. The molecule has 0 amide bonds. The van der Waals surface area contributed by atoms with Crippen LogP contribution in [0.15, 0.2) is 95.3 Å². The third kappa shape index (κ3) is 4.56. The summed E-state index contributed by atoms with van der Waals surface area (Å²) < 4.78 is 8.83. The number of ether oxygens (including phenoxy) is 1. The topological polar surface area (TPSA) is 12.2 Å². The fourth-order valence-corrected chi connectivity index (χ4v) is 6.21. The van der Waals surface area contributed by atoms with Gasteiger partial charge in [0, 0.05) is 29.7 Å². The molecule has 2 nitrogen and oxygen atoms in total. The molecule has 37 heavy (non-hydrogen) atoms. The second-order valence-electron chi connectivity index (χ2n) is 11.8. The van der Waals surface area contributed by atoms with Crippen LogP contribution in [0.5, 0.6) is 5.75 Å². The molecule has 0 aromatic heterocycles. The molecule has 0 atom stereocenters. The predicted octanol–water partition coefficient (Wildman–Crippen LogP) is 9.10. The van der Waals surface area contributed by atoms with E-state index in [2.05, 4.69) is 119 Å². The van der Waals surface area contributed by atoms with Gasteiger partial charge in [-0.3, -0.25) is 0 Å². The molecule has 0 radical (unpaired) electrons. The molecule has 2 heteroatoms. The molecule has 0 saturated heterocycles. The molecule has 2 aliphatic heterocycles. The molecule has 2 aromatic carbocycles. The van der Waals surface area contributed by atoms with Gasteiger partial charge in [-0.15, -0.1) is 0 Å². The Kier molecular flexibility index (Phi) is 6.88. The van der Waals surface area contributed by atoms with E-state index < -0.39 is 0 Å². The summed E-state index contributed by atoms with van der Waals surface area (Å²) in [6, 6.07) is 17.4. The van der Waals surface area contributed by atoms with Gasteiger partial charge >= 0.3 is 0 Å². The van der Waals surface area contributed by atoms with E-state index >= 15 is 0 Å². The Labute approximate surface area is 223 Å². The molecule has 192 valence electrons. The number of fused-ring (bicyclic) bond motifs is 2. The summed E-state index contributed by atoms with van der Waals surface area (Å²) in [4.78, 5) is 0. The molecule has 0 unspecified atom stereocenters. The lowest BCUT2D eigenvalue weighted by molar-refractivity contribution is -0.438. The van der Waals surface area contributed by atoms with Gasteiger partial charge in [0.2, 0.25) is 5.69 Å². The largest absolute Gasteiger partial charge is 0.460 e. The number of rotatable bonds is 6. The van der Waals surface area contributed by atoms with Crippen molar-refractivity contribution in [2.24, 2.45) is 0 Å². The maximum absolute atomic E-state index is 6.27. The van der Waals surface area contributed by atoms with Crippen molar-refractivity contribution in [2.75, 3.05) is 6.54 Å². The summed E-state index contributed by atoms with van der Waals surface area (Å²) in [5.41, 5.74) is 9.70. The van der Waals surface area contributed by atoms with Crippen molar-refractivity contribution in [3.05, 3.63) is 106 Å². The average molecular weight is 493 g/mol. The van der Waals surface area contributed by atoms with Crippen molar-refractivity contribution in [2.45, 2.75) is 84.5 Å². The van der Waals surface area contributed by atoms with E-state index in [0.717, 1.165) is 30.9 Å². The Balaban J connectivity index is 1.45. The van der Waals surface area contributed by atoms with E-state index in [0.29, 0.717) is 0 Å². The van der Waals surface area contributed by atoms with Crippen LogP contribution in [0.3, 0.4) is 0 Å². The highest BCUT2D eigenvalue weighted by molar-refractivity contribution is 6.03. The number of hydrogen-bond donors (Lipinski definition) is 0. The first kappa shape index (κ1) is 25.5. The highest BCUT2D eigenvalue weighted by Crippen LogP contribution is 2.45. The predicted molar refractivity (Wildman–Crippen MR) is 156 cm³/mol. The van der Waals surface area contributed by atoms with E-state index in [-0.39, 0.29) is 10.8 Å². The zero-order valence-corrected chi connectivity index (χ0v) is 23.5. The van der Waals surface area contributed by atoms with Crippen molar-refractivity contribution in [1.29, 1.82) is 0 Å². The van der Waals surface area contributed by atoms with Gasteiger partial charge in [-0.05, 0) is 82.7 Å². The first-order chi connectivity index (χ1) is 17.7.